The van der Waals surface area contributed by atoms with Crippen LogP contribution >= 0.6 is 11.6 Å². The van der Waals surface area contributed by atoms with Gasteiger partial charge in [0.2, 0.25) is 5.91 Å². The van der Waals surface area contributed by atoms with Gasteiger partial charge in [-0.15, -0.1) is 11.6 Å². The number of alkyl halides is 1. The fraction of sp³-hybridized carbons (Fsp3) is 0.462. The van der Waals surface area contributed by atoms with Crippen LogP contribution in [0.3, 0.4) is 0 Å². The molecule has 1 saturated heterocycles. The minimum Gasteiger partial charge on any atom is -0.390 e. The van der Waals surface area contributed by atoms with E-state index in [9.17, 15) is 18.3 Å². The minimum absolute atomic E-state index is 0.245. The molecule has 0 aromatic heterocycles. The molecule has 0 aliphatic carbocycles. The highest BCUT2D eigenvalue weighted by atomic mass is 35.5. The zero-order valence-electron chi connectivity index (χ0n) is 11.0. The van der Waals surface area contributed by atoms with Crippen molar-refractivity contribution >= 4 is 33.0 Å². The van der Waals surface area contributed by atoms with Gasteiger partial charge in [0.1, 0.15) is 5.88 Å². The Hall–Kier alpha value is -1.11. The number of hydrogen-bond donors (Lipinski definition) is 1. The van der Waals surface area contributed by atoms with Crippen LogP contribution < -0.4 is 4.90 Å². The van der Waals surface area contributed by atoms with Crippen molar-refractivity contribution in [2.45, 2.75) is 19.1 Å². The molecule has 1 N–H and O–H groups in total. The largest absolute Gasteiger partial charge is 0.390 e. The molecule has 5 nitrogen and oxygen atoms in total. The van der Waals surface area contributed by atoms with Crippen molar-refractivity contribution in [3.05, 3.63) is 29.8 Å². The summed E-state index contributed by atoms with van der Waals surface area (Å²) in [5, 5.41) is 9.98. The van der Waals surface area contributed by atoms with Crippen LogP contribution in [0.1, 0.15) is 5.56 Å². The van der Waals surface area contributed by atoms with E-state index in [4.69, 9.17) is 11.6 Å². The lowest BCUT2D eigenvalue weighted by Crippen LogP contribution is -2.48. The first-order valence-electron chi connectivity index (χ1n) is 6.18. The Labute approximate surface area is 123 Å². The maximum absolute atomic E-state index is 12.1. The zero-order chi connectivity index (χ0) is 14.9. The fourth-order valence-corrected chi connectivity index (χ4v) is 4.35. The van der Waals surface area contributed by atoms with Gasteiger partial charge in [0.15, 0.2) is 9.84 Å². The van der Waals surface area contributed by atoms with Gasteiger partial charge >= 0.3 is 0 Å². The molecule has 1 fully saturated rings. The van der Waals surface area contributed by atoms with Crippen LogP contribution in [0, 0.1) is 6.92 Å². The number of hydrogen-bond acceptors (Lipinski definition) is 4. The standard InChI is InChI=1S/C13H16ClNO4S/c1-9-4-2-3-5-10(9)15(13(17)6-14)11-7-20(18,19)8-12(11)16/h2-5,11-12,16H,6-8H2,1H3/t11-,12-/m0/s1. The van der Waals surface area contributed by atoms with Crippen LogP contribution in [0.4, 0.5) is 5.69 Å². The smallest absolute Gasteiger partial charge is 0.242 e. The van der Waals surface area contributed by atoms with Gasteiger partial charge in [0.25, 0.3) is 0 Å². The molecule has 0 unspecified atom stereocenters. The molecule has 110 valence electrons. The number of nitrogens with zero attached hydrogens (tertiary/aromatic N) is 1. The second-order valence-electron chi connectivity index (χ2n) is 4.90. The number of para-hydroxylation sites is 1. The average molecular weight is 318 g/mol. The molecule has 20 heavy (non-hydrogen) atoms. The monoisotopic (exact) mass is 317 g/mol. The number of anilines is 1. The molecule has 1 aromatic rings. The van der Waals surface area contributed by atoms with Gasteiger partial charge < -0.3 is 10.0 Å². The number of carbonyl (C=O) groups is 1. The Morgan fingerprint density at radius 3 is 2.55 bits per heavy atom. The number of aryl methyl sites for hydroxylation is 1. The van der Waals surface area contributed by atoms with Gasteiger partial charge in [0.05, 0.1) is 23.7 Å². The van der Waals surface area contributed by atoms with Crippen LogP contribution in [0.2, 0.25) is 0 Å². The Morgan fingerprint density at radius 2 is 2.05 bits per heavy atom. The summed E-state index contributed by atoms with van der Waals surface area (Å²) >= 11 is 5.62. The van der Waals surface area contributed by atoms with Gasteiger partial charge in [-0.05, 0) is 18.6 Å². The van der Waals surface area contributed by atoms with Gasteiger partial charge in [-0.2, -0.15) is 0 Å². The fourth-order valence-electron chi connectivity index (χ4n) is 2.45. The summed E-state index contributed by atoms with van der Waals surface area (Å²) in [5.41, 5.74) is 1.40. The van der Waals surface area contributed by atoms with Crippen LogP contribution in [0.15, 0.2) is 24.3 Å². The van der Waals surface area contributed by atoms with Gasteiger partial charge in [-0.3, -0.25) is 4.79 Å². The molecule has 0 bridgehead atoms. The third-order valence-corrected chi connectivity index (χ3v) is 5.31. The van der Waals surface area contributed by atoms with E-state index in [1.54, 1.807) is 12.1 Å². The number of amides is 1. The topological polar surface area (TPSA) is 74.7 Å². The van der Waals surface area contributed by atoms with Crippen LogP contribution in [-0.2, 0) is 14.6 Å². The number of rotatable bonds is 3. The van der Waals surface area contributed by atoms with E-state index in [0.29, 0.717) is 5.69 Å². The first kappa shape index (κ1) is 15.3. The summed E-state index contributed by atoms with van der Waals surface area (Å²) in [6, 6.07) is 6.33. The maximum atomic E-state index is 12.1. The molecule has 2 rings (SSSR count). The van der Waals surface area contributed by atoms with Crippen molar-refractivity contribution < 1.29 is 18.3 Å². The number of benzene rings is 1. The highest BCUT2D eigenvalue weighted by Gasteiger charge is 2.42. The molecular weight excluding hydrogens is 302 g/mol. The molecule has 1 aliphatic rings. The number of aliphatic hydroxyl groups excluding tert-OH is 1. The summed E-state index contributed by atoms with van der Waals surface area (Å²) < 4.78 is 23.3. The van der Waals surface area contributed by atoms with E-state index >= 15 is 0 Å². The molecule has 1 amide bonds. The zero-order valence-corrected chi connectivity index (χ0v) is 12.6. The molecule has 2 atom stereocenters. The number of carbonyl (C=O) groups excluding carboxylic acids is 1. The van der Waals surface area contributed by atoms with Crippen molar-refractivity contribution in [1.29, 1.82) is 0 Å². The summed E-state index contributed by atoms with van der Waals surface area (Å²) in [7, 11) is -3.34. The Bertz CT molecular complexity index is 617. The van der Waals surface area contributed by atoms with Crippen molar-refractivity contribution in [2.75, 3.05) is 22.3 Å². The summed E-state index contributed by atoms with van der Waals surface area (Å²) in [4.78, 5) is 13.4. The number of aliphatic hydroxyl groups is 1. The number of halogens is 1. The van der Waals surface area contributed by atoms with Gasteiger partial charge in [0, 0.05) is 5.69 Å². The summed E-state index contributed by atoms with van der Waals surface area (Å²) in [6.07, 6.45) is -1.09. The highest BCUT2D eigenvalue weighted by molar-refractivity contribution is 7.91. The molecule has 0 spiro atoms. The quantitative estimate of drug-likeness (QED) is 0.834. The number of sulfone groups is 1. The highest BCUT2D eigenvalue weighted by Crippen LogP contribution is 2.27. The first-order valence-corrected chi connectivity index (χ1v) is 8.53. The van der Waals surface area contributed by atoms with Crippen LogP contribution in [0.5, 0.6) is 0 Å². The van der Waals surface area contributed by atoms with Crippen LogP contribution in [0.25, 0.3) is 0 Å². The van der Waals surface area contributed by atoms with E-state index in [-0.39, 0.29) is 17.4 Å². The van der Waals surface area contributed by atoms with Crippen molar-refractivity contribution in [2.24, 2.45) is 0 Å². The lowest BCUT2D eigenvalue weighted by molar-refractivity contribution is -0.117. The second kappa shape index (κ2) is 5.71. The molecule has 1 aliphatic heterocycles. The molecule has 0 saturated carbocycles. The lowest BCUT2D eigenvalue weighted by atomic mass is 10.1. The average Bonchev–Trinajstić information content (AvgIpc) is 2.65. The molecular formula is C13H16ClNO4S. The first-order chi connectivity index (χ1) is 9.35. The predicted octanol–water partition coefficient (Wildman–Crippen LogP) is 0.725. The lowest BCUT2D eigenvalue weighted by Gasteiger charge is -2.31. The minimum atomic E-state index is -3.34. The third kappa shape index (κ3) is 2.97. The second-order valence-corrected chi connectivity index (χ2v) is 7.32. The van der Waals surface area contributed by atoms with E-state index in [1.807, 2.05) is 19.1 Å². The molecule has 1 aromatic carbocycles. The molecule has 7 heteroatoms. The Balaban J connectivity index is 2.45. The summed E-state index contributed by atoms with van der Waals surface area (Å²) in [5.74, 6) is -1.25. The normalized spacial score (nSPS) is 24.6. The van der Waals surface area contributed by atoms with Crippen molar-refractivity contribution in [3.63, 3.8) is 0 Å². The summed E-state index contributed by atoms with van der Waals surface area (Å²) in [6.45, 7) is 1.82. The van der Waals surface area contributed by atoms with Crippen molar-refractivity contribution in [1.82, 2.24) is 0 Å². The van der Waals surface area contributed by atoms with E-state index < -0.39 is 27.9 Å². The molecule has 1 heterocycles. The van der Waals surface area contributed by atoms with E-state index in [1.165, 1.54) is 4.90 Å². The Kier molecular flexibility index (Phi) is 4.36. The predicted molar refractivity (Wildman–Crippen MR) is 77.8 cm³/mol. The van der Waals surface area contributed by atoms with Crippen molar-refractivity contribution in [3.8, 4) is 0 Å². The van der Waals surface area contributed by atoms with Gasteiger partial charge in [-0.1, -0.05) is 18.2 Å². The van der Waals surface area contributed by atoms with Gasteiger partial charge in [-0.25, -0.2) is 8.42 Å². The SMILES string of the molecule is Cc1ccccc1N(C(=O)CCl)[C@H]1CS(=O)(=O)C[C@@H]1O. The molecule has 0 radical (unpaired) electrons. The van der Waals surface area contributed by atoms with E-state index in [2.05, 4.69) is 0 Å². The Morgan fingerprint density at radius 1 is 1.40 bits per heavy atom. The van der Waals surface area contributed by atoms with Crippen LogP contribution in [-0.4, -0.2) is 49.0 Å². The maximum Gasteiger partial charge on any atom is 0.242 e. The third-order valence-electron chi connectivity index (χ3n) is 3.38. The van der Waals surface area contributed by atoms with E-state index in [0.717, 1.165) is 5.56 Å².